The maximum Gasteiger partial charge on any atom is 0.303 e. The Morgan fingerprint density at radius 2 is 1.84 bits per heavy atom. The summed E-state index contributed by atoms with van der Waals surface area (Å²) in [6.45, 7) is 2.19. The predicted molar refractivity (Wildman–Crippen MR) is 99.4 cm³/mol. The second-order valence-corrected chi connectivity index (χ2v) is 8.21. The van der Waals surface area contributed by atoms with E-state index in [1.807, 2.05) is 6.08 Å². The van der Waals surface area contributed by atoms with Gasteiger partial charge in [-0.2, -0.15) is 0 Å². The van der Waals surface area contributed by atoms with Crippen molar-refractivity contribution in [3.05, 3.63) is 11.8 Å². The first-order valence-electron chi connectivity index (χ1n) is 10.3. The van der Waals surface area contributed by atoms with Crippen molar-refractivity contribution < 1.29 is 20.1 Å². The summed E-state index contributed by atoms with van der Waals surface area (Å²) < 4.78 is 0. The molecule has 0 aromatic carbocycles. The Hall–Kier alpha value is -1.03. The lowest BCUT2D eigenvalue weighted by Crippen LogP contribution is -2.22. The summed E-state index contributed by atoms with van der Waals surface area (Å²) in [5.74, 6) is 1.21. The summed E-state index contributed by atoms with van der Waals surface area (Å²) in [4.78, 5) is 10.6. The number of aliphatic carboxylic acids is 1. The first kappa shape index (κ1) is 20.3. The first-order chi connectivity index (χ1) is 12.0. The minimum absolute atomic E-state index is 0.0693. The van der Waals surface area contributed by atoms with Gasteiger partial charge in [0.15, 0.2) is 0 Å². The van der Waals surface area contributed by atoms with Crippen LogP contribution in [0.5, 0.6) is 0 Å². The number of fused-ring (bicyclic) bond motifs is 1. The summed E-state index contributed by atoms with van der Waals surface area (Å²) in [6, 6.07) is 0. The van der Waals surface area contributed by atoms with Gasteiger partial charge in [-0.1, -0.05) is 39.0 Å². The largest absolute Gasteiger partial charge is 0.512 e. The smallest absolute Gasteiger partial charge is 0.303 e. The molecule has 0 unspecified atom stereocenters. The average Bonchev–Trinajstić information content (AvgIpc) is 3.06. The van der Waals surface area contributed by atoms with Crippen LogP contribution in [-0.2, 0) is 4.79 Å². The Balaban J connectivity index is 1.78. The minimum Gasteiger partial charge on any atom is -0.512 e. The fourth-order valence-corrected chi connectivity index (χ4v) is 5.05. The Morgan fingerprint density at radius 3 is 2.56 bits per heavy atom. The highest BCUT2D eigenvalue weighted by molar-refractivity contribution is 5.66. The molecule has 3 N–H and O–H groups in total. The molecule has 0 spiro atoms. The molecular weight excluding hydrogens is 316 g/mol. The van der Waals surface area contributed by atoms with Crippen molar-refractivity contribution in [3.8, 4) is 0 Å². The number of unbranched alkanes of at least 4 members (excludes halogenated alkanes) is 5. The number of rotatable bonds is 11. The first-order valence-corrected chi connectivity index (χ1v) is 10.3. The number of allylic oxidation sites excluding steroid dienone is 1. The quantitative estimate of drug-likeness (QED) is 0.358. The molecule has 2 aliphatic carbocycles. The third kappa shape index (κ3) is 6.02. The van der Waals surface area contributed by atoms with E-state index < -0.39 is 12.1 Å². The zero-order valence-electron chi connectivity index (χ0n) is 15.7. The Kier molecular flexibility index (Phi) is 8.28. The molecule has 0 radical (unpaired) electrons. The van der Waals surface area contributed by atoms with Crippen LogP contribution in [-0.4, -0.2) is 27.4 Å². The molecule has 0 amide bonds. The fraction of sp³-hybridized carbons (Fsp3) is 0.857. The fourth-order valence-electron chi connectivity index (χ4n) is 5.05. The highest BCUT2D eigenvalue weighted by Gasteiger charge is 2.49. The van der Waals surface area contributed by atoms with E-state index in [0.717, 1.165) is 51.4 Å². The predicted octanol–water partition coefficient (Wildman–Crippen LogP) is 5.07. The van der Waals surface area contributed by atoms with E-state index in [2.05, 4.69) is 6.92 Å². The molecule has 0 bridgehead atoms. The monoisotopic (exact) mass is 352 g/mol. The number of carboxylic acids is 1. The molecule has 4 heteroatoms. The standard InChI is InChI=1S/C21H36O4/c1-2-3-4-5-6-10-18(22)21-17-13-15(9-7-8-11-20(24)25)12-16(17)14-19(21)23/h10,15-17,19,21-23H,2-9,11-14H2,1H3,(H,24,25)/t15-,16-,17-,19-,21+/m0/s1. The van der Waals surface area contributed by atoms with Crippen molar-refractivity contribution >= 4 is 5.97 Å². The molecule has 0 saturated heterocycles. The highest BCUT2D eigenvalue weighted by Crippen LogP contribution is 2.53. The molecule has 5 atom stereocenters. The maximum atomic E-state index is 10.6. The van der Waals surface area contributed by atoms with Gasteiger partial charge >= 0.3 is 5.97 Å². The zero-order valence-corrected chi connectivity index (χ0v) is 15.7. The van der Waals surface area contributed by atoms with Gasteiger partial charge in [-0.3, -0.25) is 4.79 Å². The Labute approximate surface area is 152 Å². The summed E-state index contributed by atoms with van der Waals surface area (Å²) in [5.41, 5.74) is 0. The van der Waals surface area contributed by atoms with Crippen LogP contribution in [0.2, 0.25) is 0 Å². The molecule has 0 heterocycles. The molecule has 4 nitrogen and oxygen atoms in total. The van der Waals surface area contributed by atoms with E-state index >= 15 is 0 Å². The van der Waals surface area contributed by atoms with Crippen LogP contribution in [0, 0.1) is 23.7 Å². The number of carboxylic acid groups (broad SMARTS) is 1. The Morgan fingerprint density at radius 1 is 1.04 bits per heavy atom. The lowest BCUT2D eigenvalue weighted by molar-refractivity contribution is -0.137. The maximum absolute atomic E-state index is 10.6. The molecule has 0 aromatic heterocycles. The normalized spacial score (nSPS) is 32.1. The van der Waals surface area contributed by atoms with Gasteiger partial charge in [0.1, 0.15) is 0 Å². The van der Waals surface area contributed by atoms with Crippen LogP contribution in [0.1, 0.15) is 84.0 Å². The molecule has 144 valence electrons. The lowest BCUT2D eigenvalue weighted by Gasteiger charge is -2.21. The van der Waals surface area contributed by atoms with Crippen LogP contribution >= 0.6 is 0 Å². The lowest BCUT2D eigenvalue weighted by atomic mass is 9.87. The van der Waals surface area contributed by atoms with Gasteiger partial charge in [0.2, 0.25) is 0 Å². The molecule has 2 saturated carbocycles. The highest BCUT2D eigenvalue weighted by atomic mass is 16.4. The summed E-state index contributed by atoms with van der Waals surface area (Å²) in [5, 5.41) is 29.6. The summed E-state index contributed by atoms with van der Waals surface area (Å²) in [7, 11) is 0. The van der Waals surface area contributed by atoms with Crippen molar-refractivity contribution in [1.82, 2.24) is 0 Å². The topological polar surface area (TPSA) is 77.8 Å². The second-order valence-electron chi connectivity index (χ2n) is 8.21. The van der Waals surface area contributed by atoms with Gasteiger partial charge in [0.05, 0.1) is 11.9 Å². The van der Waals surface area contributed by atoms with E-state index in [-0.39, 0.29) is 12.3 Å². The summed E-state index contributed by atoms with van der Waals surface area (Å²) in [6.07, 6.45) is 13.4. The third-order valence-corrected chi connectivity index (χ3v) is 6.27. The molecule has 0 aromatic rings. The average molecular weight is 353 g/mol. The van der Waals surface area contributed by atoms with Crippen LogP contribution in [0.25, 0.3) is 0 Å². The molecular formula is C21H36O4. The number of aliphatic hydroxyl groups excluding tert-OH is 2. The van der Waals surface area contributed by atoms with Crippen LogP contribution in [0.4, 0.5) is 0 Å². The van der Waals surface area contributed by atoms with Crippen molar-refractivity contribution in [3.63, 3.8) is 0 Å². The molecule has 2 rings (SSSR count). The van der Waals surface area contributed by atoms with Crippen molar-refractivity contribution in [2.24, 2.45) is 23.7 Å². The van der Waals surface area contributed by atoms with Gasteiger partial charge in [0.25, 0.3) is 0 Å². The molecule has 0 aliphatic heterocycles. The van der Waals surface area contributed by atoms with Crippen LogP contribution in [0.3, 0.4) is 0 Å². The minimum atomic E-state index is -0.708. The van der Waals surface area contributed by atoms with Gasteiger partial charge in [0, 0.05) is 12.3 Å². The zero-order chi connectivity index (χ0) is 18.2. The molecule has 2 aliphatic rings. The third-order valence-electron chi connectivity index (χ3n) is 6.27. The second kappa shape index (κ2) is 10.2. The van der Waals surface area contributed by atoms with E-state index in [1.165, 1.54) is 19.3 Å². The van der Waals surface area contributed by atoms with Gasteiger partial charge in [-0.25, -0.2) is 0 Å². The van der Waals surface area contributed by atoms with Crippen molar-refractivity contribution in [1.29, 1.82) is 0 Å². The van der Waals surface area contributed by atoms with Gasteiger partial charge in [-0.15, -0.1) is 0 Å². The van der Waals surface area contributed by atoms with E-state index in [0.29, 0.717) is 23.5 Å². The molecule has 25 heavy (non-hydrogen) atoms. The van der Waals surface area contributed by atoms with E-state index in [1.54, 1.807) is 0 Å². The van der Waals surface area contributed by atoms with Crippen molar-refractivity contribution in [2.45, 2.75) is 90.1 Å². The number of carbonyl (C=O) groups is 1. The van der Waals surface area contributed by atoms with E-state index in [4.69, 9.17) is 5.11 Å². The molecule has 2 fully saturated rings. The van der Waals surface area contributed by atoms with Gasteiger partial charge < -0.3 is 15.3 Å². The number of aliphatic hydroxyl groups is 2. The number of hydrogen-bond donors (Lipinski definition) is 3. The Bertz CT molecular complexity index is 445. The van der Waals surface area contributed by atoms with Crippen molar-refractivity contribution in [2.75, 3.05) is 0 Å². The number of hydrogen-bond acceptors (Lipinski definition) is 3. The van der Waals surface area contributed by atoms with E-state index in [9.17, 15) is 15.0 Å². The SMILES string of the molecule is CCCCCCC=C(O)[C@H]1[C@H]2C[C@@H](CCCCC(=O)O)C[C@H]2C[C@@H]1O. The summed E-state index contributed by atoms with van der Waals surface area (Å²) >= 11 is 0. The van der Waals surface area contributed by atoms with Crippen LogP contribution < -0.4 is 0 Å². The van der Waals surface area contributed by atoms with Gasteiger partial charge in [-0.05, 0) is 62.4 Å². The van der Waals surface area contributed by atoms with Crippen LogP contribution in [0.15, 0.2) is 11.8 Å².